The van der Waals surface area contributed by atoms with Crippen molar-refractivity contribution in [1.29, 1.82) is 0 Å². The number of sulfone groups is 1. The van der Waals surface area contributed by atoms with Crippen molar-refractivity contribution in [2.75, 3.05) is 0 Å². The second-order valence-electron chi connectivity index (χ2n) is 3.46. The quantitative estimate of drug-likeness (QED) is 0.799. The van der Waals surface area contributed by atoms with Crippen LogP contribution in [-0.4, -0.2) is 25.0 Å². The fourth-order valence-corrected chi connectivity index (χ4v) is 2.58. The largest absolute Gasteiger partial charge is 0.465 e. The molecular formula is C11H13NO4S. The maximum absolute atomic E-state index is 12.0. The number of benzene rings is 1. The first kappa shape index (κ1) is 13.2. The highest BCUT2D eigenvalue weighted by Crippen LogP contribution is 2.16. The smallest absolute Gasteiger partial charge is 0.405 e. The van der Waals surface area contributed by atoms with Gasteiger partial charge in [-0.05, 0) is 19.1 Å². The third-order valence-electron chi connectivity index (χ3n) is 2.16. The lowest BCUT2D eigenvalue weighted by Gasteiger charge is -2.13. The van der Waals surface area contributed by atoms with E-state index >= 15 is 0 Å². The van der Waals surface area contributed by atoms with E-state index < -0.39 is 21.3 Å². The van der Waals surface area contributed by atoms with Crippen LogP contribution >= 0.6 is 0 Å². The molecule has 5 nitrogen and oxygen atoms in total. The standard InChI is InChI=1S/C11H13NO4S/c1-3-10(12-11(13)14)17(15,16)9-6-4-8(2)5-7-9/h3-7,10,12H,1H2,2H3,(H,13,14). The molecule has 0 bridgehead atoms. The van der Waals surface area contributed by atoms with Crippen LogP contribution < -0.4 is 5.32 Å². The Kier molecular flexibility index (Phi) is 3.90. The highest BCUT2D eigenvalue weighted by atomic mass is 32.2. The Bertz CT molecular complexity index is 519. The van der Waals surface area contributed by atoms with Gasteiger partial charge in [0.25, 0.3) is 0 Å². The van der Waals surface area contributed by atoms with Crippen LogP contribution in [0.5, 0.6) is 0 Å². The number of hydrogen-bond donors (Lipinski definition) is 2. The van der Waals surface area contributed by atoms with Crippen LogP contribution in [0.3, 0.4) is 0 Å². The van der Waals surface area contributed by atoms with Gasteiger partial charge in [-0.25, -0.2) is 13.2 Å². The molecule has 0 fully saturated rings. The van der Waals surface area contributed by atoms with Gasteiger partial charge in [0.05, 0.1) is 4.90 Å². The average Bonchev–Trinajstić information content (AvgIpc) is 2.26. The number of carboxylic acid groups (broad SMARTS) is 1. The van der Waals surface area contributed by atoms with E-state index in [2.05, 4.69) is 6.58 Å². The lowest BCUT2D eigenvalue weighted by Crippen LogP contribution is -2.38. The van der Waals surface area contributed by atoms with Crippen molar-refractivity contribution < 1.29 is 18.3 Å². The predicted octanol–water partition coefficient (Wildman–Crippen LogP) is 1.55. The Morgan fingerprint density at radius 3 is 2.35 bits per heavy atom. The summed E-state index contributed by atoms with van der Waals surface area (Å²) in [5.41, 5.74) is 0.922. The molecule has 2 N–H and O–H groups in total. The zero-order valence-corrected chi connectivity index (χ0v) is 10.1. The van der Waals surface area contributed by atoms with Gasteiger partial charge >= 0.3 is 6.09 Å². The number of carbonyl (C=O) groups is 1. The van der Waals surface area contributed by atoms with Crippen molar-refractivity contribution in [3.8, 4) is 0 Å². The zero-order valence-electron chi connectivity index (χ0n) is 9.25. The number of amides is 1. The maximum atomic E-state index is 12.0. The van der Waals surface area contributed by atoms with Crippen LogP contribution in [0.2, 0.25) is 0 Å². The van der Waals surface area contributed by atoms with Crippen LogP contribution in [0.25, 0.3) is 0 Å². The van der Waals surface area contributed by atoms with Gasteiger partial charge in [0, 0.05) is 0 Å². The lowest BCUT2D eigenvalue weighted by atomic mass is 10.2. The molecule has 1 aromatic rings. The van der Waals surface area contributed by atoms with E-state index in [0.717, 1.165) is 11.6 Å². The molecule has 0 aliphatic carbocycles. The summed E-state index contributed by atoms with van der Waals surface area (Å²) < 4.78 is 24.0. The Balaban J connectivity index is 3.12. The highest BCUT2D eigenvalue weighted by molar-refractivity contribution is 7.92. The van der Waals surface area contributed by atoms with Gasteiger partial charge in [0.2, 0.25) is 9.84 Å². The number of nitrogens with one attached hydrogen (secondary N) is 1. The molecule has 1 aromatic carbocycles. The van der Waals surface area contributed by atoms with Crippen molar-refractivity contribution in [2.45, 2.75) is 17.2 Å². The monoisotopic (exact) mass is 255 g/mol. The van der Waals surface area contributed by atoms with E-state index in [4.69, 9.17) is 5.11 Å². The number of aryl methyl sites for hydroxylation is 1. The van der Waals surface area contributed by atoms with E-state index in [1.165, 1.54) is 12.1 Å². The molecule has 0 aromatic heterocycles. The van der Waals surface area contributed by atoms with Crippen LogP contribution in [-0.2, 0) is 9.84 Å². The van der Waals surface area contributed by atoms with Gasteiger partial charge in [-0.2, -0.15) is 0 Å². The van der Waals surface area contributed by atoms with Gasteiger partial charge < -0.3 is 10.4 Å². The normalized spacial score (nSPS) is 12.8. The van der Waals surface area contributed by atoms with Crippen molar-refractivity contribution in [3.63, 3.8) is 0 Å². The summed E-state index contributed by atoms with van der Waals surface area (Å²) in [5, 5.41) is 9.09. The van der Waals surface area contributed by atoms with Gasteiger partial charge in [0.15, 0.2) is 5.37 Å². The molecule has 1 amide bonds. The second-order valence-corrected chi connectivity index (χ2v) is 5.53. The van der Waals surface area contributed by atoms with Crippen molar-refractivity contribution >= 4 is 15.9 Å². The molecule has 0 heterocycles. The summed E-state index contributed by atoms with van der Waals surface area (Å²) in [5.74, 6) is 0. The Hall–Kier alpha value is -1.82. The number of hydrogen-bond acceptors (Lipinski definition) is 3. The van der Waals surface area contributed by atoms with E-state index in [-0.39, 0.29) is 4.90 Å². The maximum Gasteiger partial charge on any atom is 0.405 e. The third-order valence-corrected chi connectivity index (χ3v) is 4.07. The van der Waals surface area contributed by atoms with Crippen LogP contribution in [0, 0.1) is 6.92 Å². The van der Waals surface area contributed by atoms with Crippen LogP contribution in [0.1, 0.15) is 5.56 Å². The van der Waals surface area contributed by atoms with Crippen LogP contribution in [0.4, 0.5) is 4.79 Å². The summed E-state index contributed by atoms with van der Waals surface area (Å²) in [7, 11) is -3.77. The van der Waals surface area contributed by atoms with E-state index in [1.54, 1.807) is 12.1 Å². The molecule has 6 heteroatoms. The lowest BCUT2D eigenvalue weighted by molar-refractivity contribution is 0.194. The van der Waals surface area contributed by atoms with Gasteiger partial charge in [-0.15, -0.1) is 0 Å². The molecule has 1 unspecified atom stereocenters. The molecule has 1 rings (SSSR count). The molecule has 17 heavy (non-hydrogen) atoms. The minimum atomic E-state index is -3.77. The van der Waals surface area contributed by atoms with Crippen LogP contribution in [0.15, 0.2) is 41.8 Å². The summed E-state index contributed by atoms with van der Waals surface area (Å²) >= 11 is 0. The fraction of sp³-hybridized carbons (Fsp3) is 0.182. The average molecular weight is 255 g/mol. The molecular weight excluding hydrogens is 242 g/mol. The molecule has 0 saturated carbocycles. The van der Waals surface area contributed by atoms with E-state index in [9.17, 15) is 13.2 Å². The molecule has 0 radical (unpaired) electrons. The highest BCUT2D eigenvalue weighted by Gasteiger charge is 2.25. The third kappa shape index (κ3) is 3.07. The minimum Gasteiger partial charge on any atom is -0.465 e. The molecule has 0 aliphatic heterocycles. The molecule has 0 spiro atoms. The van der Waals surface area contributed by atoms with Crippen molar-refractivity contribution in [2.24, 2.45) is 0 Å². The van der Waals surface area contributed by atoms with Gasteiger partial charge in [0.1, 0.15) is 0 Å². The van der Waals surface area contributed by atoms with Crippen molar-refractivity contribution in [1.82, 2.24) is 5.32 Å². The zero-order chi connectivity index (χ0) is 13.1. The van der Waals surface area contributed by atoms with Crippen molar-refractivity contribution in [3.05, 3.63) is 42.5 Å². The first-order valence-electron chi connectivity index (χ1n) is 4.80. The fourth-order valence-electron chi connectivity index (χ4n) is 1.26. The SMILES string of the molecule is C=CC(NC(=O)O)S(=O)(=O)c1ccc(C)cc1. The first-order chi connectivity index (χ1) is 7.87. The van der Waals surface area contributed by atoms with E-state index in [0.29, 0.717) is 0 Å². The number of rotatable bonds is 4. The Morgan fingerprint density at radius 1 is 1.41 bits per heavy atom. The molecule has 92 valence electrons. The topological polar surface area (TPSA) is 83.5 Å². The van der Waals surface area contributed by atoms with Gasteiger partial charge in [-0.3, -0.25) is 0 Å². The van der Waals surface area contributed by atoms with E-state index in [1.807, 2.05) is 12.2 Å². The van der Waals surface area contributed by atoms with Gasteiger partial charge in [-0.1, -0.05) is 30.4 Å². The molecule has 1 atom stereocenters. The Labute approximate surface area is 99.7 Å². The summed E-state index contributed by atoms with van der Waals surface area (Å²) in [4.78, 5) is 10.5. The summed E-state index contributed by atoms with van der Waals surface area (Å²) in [6.45, 7) is 5.15. The molecule has 0 aliphatic rings. The summed E-state index contributed by atoms with van der Waals surface area (Å²) in [6, 6.07) is 6.16. The predicted molar refractivity (Wildman–Crippen MR) is 63.5 cm³/mol. The minimum absolute atomic E-state index is 0.0572. The summed E-state index contributed by atoms with van der Waals surface area (Å²) in [6.07, 6.45) is -0.367. The molecule has 0 saturated heterocycles. The second kappa shape index (κ2) is 5.01. The first-order valence-corrected chi connectivity index (χ1v) is 6.35. The Morgan fingerprint density at radius 2 is 1.94 bits per heavy atom.